The zero-order chi connectivity index (χ0) is 20.3. The topological polar surface area (TPSA) is 94.6 Å². The molecule has 0 spiro atoms. The zero-order valence-electron chi connectivity index (χ0n) is 15.6. The molecule has 0 amide bonds. The van der Waals surface area contributed by atoms with Crippen molar-refractivity contribution in [1.29, 1.82) is 5.26 Å². The average molecular weight is 401 g/mol. The first-order chi connectivity index (χ1) is 13.5. The van der Waals surface area contributed by atoms with Gasteiger partial charge >= 0.3 is 0 Å². The summed E-state index contributed by atoms with van der Waals surface area (Å²) in [4.78, 5) is 12.7. The molecule has 1 atom stereocenters. The second-order valence-electron chi connectivity index (χ2n) is 6.40. The van der Waals surface area contributed by atoms with Crippen molar-refractivity contribution in [2.24, 2.45) is 5.73 Å². The highest BCUT2D eigenvalue weighted by Crippen LogP contribution is 2.47. The van der Waals surface area contributed by atoms with Crippen LogP contribution in [0.4, 0.5) is 0 Å². The summed E-state index contributed by atoms with van der Waals surface area (Å²) in [5.41, 5.74) is 7.27. The highest BCUT2D eigenvalue weighted by Gasteiger charge is 2.38. The van der Waals surface area contributed by atoms with Crippen LogP contribution in [-0.4, -0.2) is 19.0 Å². The maximum atomic E-state index is 12.7. The maximum absolute atomic E-state index is 12.7. The molecule has 3 rings (SSSR count). The van der Waals surface area contributed by atoms with E-state index in [9.17, 15) is 10.1 Å². The van der Waals surface area contributed by atoms with Gasteiger partial charge in [0.05, 0.1) is 17.5 Å². The van der Waals surface area contributed by atoms with Crippen molar-refractivity contribution < 1.29 is 19.0 Å². The van der Waals surface area contributed by atoms with E-state index in [0.717, 1.165) is 0 Å². The molecule has 6 nitrogen and oxygen atoms in total. The van der Waals surface area contributed by atoms with Crippen molar-refractivity contribution in [1.82, 2.24) is 0 Å². The third-order valence-electron chi connectivity index (χ3n) is 4.62. The molecule has 1 aliphatic heterocycles. The third-order valence-corrected chi connectivity index (χ3v) is 4.90. The molecule has 146 valence electrons. The van der Waals surface area contributed by atoms with E-state index >= 15 is 0 Å². The number of nitrogens with zero attached hydrogens (tertiary/aromatic N) is 1. The summed E-state index contributed by atoms with van der Waals surface area (Å²) in [5, 5.41) is 10.00. The van der Waals surface area contributed by atoms with Crippen molar-refractivity contribution in [3.05, 3.63) is 58.2 Å². The zero-order valence-corrected chi connectivity index (χ0v) is 16.3. The summed E-state index contributed by atoms with van der Waals surface area (Å²) >= 11 is 6.46. The molecule has 2 aliphatic rings. The number of hydrogen-bond donors (Lipinski definition) is 1. The summed E-state index contributed by atoms with van der Waals surface area (Å²) in [6.07, 6.45) is 3.31. The van der Waals surface area contributed by atoms with E-state index in [1.54, 1.807) is 18.2 Å². The molecular formula is C21H21ClN2O4. The second-order valence-corrected chi connectivity index (χ2v) is 6.81. The molecule has 0 aromatic heterocycles. The maximum Gasteiger partial charge on any atom is 0.205 e. The number of ether oxygens (including phenoxy) is 3. The van der Waals surface area contributed by atoms with Gasteiger partial charge in [-0.2, -0.15) is 5.26 Å². The number of ketones is 1. The predicted molar refractivity (Wildman–Crippen MR) is 105 cm³/mol. The van der Waals surface area contributed by atoms with E-state index in [2.05, 4.69) is 12.6 Å². The van der Waals surface area contributed by atoms with Gasteiger partial charge in [-0.15, -0.1) is 0 Å². The molecule has 1 heterocycles. The molecule has 1 aromatic rings. The van der Waals surface area contributed by atoms with E-state index in [-0.39, 0.29) is 23.8 Å². The molecule has 1 aromatic carbocycles. The number of nitrogens with two attached hydrogens (primary N) is 1. The van der Waals surface area contributed by atoms with Gasteiger partial charge in [-0.25, -0.2) is 0 Å². The van der Waals surface area contributed by atoms with E-state index in [4.69, 9.17) is 31.5 Å². The molecule has 0 radical (unpaired) electrons. The Bertz CT molecular complexity index is 927. The highest BCUT2D eigenvalue weighted by molar-refractivity contribution is 6.32. The van der Waals surface area contributed by atoms with Gasteiger partial charge in [-0.05, 0) is 31.0 Å². The lowest BCUT2D eigenvalue weighted by molar-refractivity contribution is -0.116. The molecule has 28 heavy (non-hydrogen) atoms. The number of carbonyl (C=O) groups is 1. The van der Waals surface area contributed by atoms with Gasteiger partial charge in [0, 0.05) is 18.4 Å². The van der Waals surface area contributed by atoms with Crippen molar-refractivity contribution >= 4 is 17.4 Å². The van der Waals surface area contributed by atoms with Crippen LogP contribution >= 0.6 is 11.6 Å². The Hall–Kier alpha value is -2.91. The number of Topliss-reactive ketones (excluding diaryl/α,β-unsaturated/α-hetero) is 1. The van der Waals surface area contributed by atoms with Gasteiger partial charge in [-0.1, -0.05) is 24.3 Å². The SMILES string of the molecule is C=CCOc1c(Cl)cc([C@@H]2C(C#N)=C(N)OC3=C2C(=O)CCC3)cc1OCC. The number of nitriles is 1. The van der Waals surface area contributed by atoms with Crippen LogP contribution in [0.5, 0.6) is 11.5 Å². The van der Waals surface area contributed by atoms with Crippen LogP contribution in [0.1, 0.15) is 37.7 Å². The third kappa shape index (κ3) is 3.58. The van der Waals surface area contributed by atoms with Crippen LogP contribution in [0, 0.1) is 11.3 Å². The number of carbonyl (C=O) groups excluding carboxylic acids is 1. The Kier molecular flexibility index (Phi) is 5.96. The first-order valence-corrected chi connectivity index (χ1v) is 9.43. The lowest BCUT2D eigenvalue weighted by Crippen LogP contribution is -2.27. The van der Waals surface area contributed by atoms with Crippen molar-refractivity contribution in [2.75, 3.05) is 13.2 Å². The van der Waals surface area contributed by atoms with E-state index in [0.29, 0.717) is 59.3 Å². The summed E-state index contributed by atoms with van der Waals surface area (Å²) in [5.74, 6) is 0.665. The molecule has 0 saturated heterocycles. The lowest BCUT2D eigenvalue weighted by Gasteiger charge is -2.31. The fourth-order valence-corrected chi connectivity index (χ4v) is 3.76. The van der Waals surface area contributed by atoms with Gasteiger partial charge in [0.25, 0.3) is 0 Å². The fourth-order valence-electron chi connectivity index (χ4n) is 3.49. The van der Waals surface area contributed by atoms with Crippen molar-refractivity contribution in [2.45, 2.75) is 32.1 Å². The average Bonchev–Trinajstić information content (AvgIpc) is 2.66. The van der Waals surface area contributed by atoms with E-state index < -0.39 is 5.92 Å². The summed E-state index contributed by atoms with van der Waals surface area (Å²) in [6, 6.07) is 5.50. The Balaban J connectivity index is 2.17. The number of halogens is 1. The Morgan fingerprint density at radius 2 is 2.21 bits per heavy atom. The Morgan fingerprint density at radius 3 is 2.89 bits per heavy atom. The summed E-state index contributed by atoms with van der Waals surface area (Å²) in [7, 11) is 0. The fraction of sp³-hybridized carbons (Fsp3) is 0.333. The molecule has 0 saturated carbocycles. The van der Waals surface area contributed by atoms with Gasteiger partial charge < -0.3 is 19.9 Å². The van der Waals surface area contributed by atoms with Gasteiger partial charge in [0.2, 0.25) is 5.88 Å². The van der Waals surface area contributed by atoms with Gasteiger partial charge in [-0.3, -0.25) is 4.79 Å². The molecule has 0 bridgehead atoms. The Labute approximate surface area is 168 Å². The number of hydrogen-bond acceptors (Lipinski definition) is 6. The first-order valence-electron chi connectivity index (χ1n) is 9.05. The minimum atomic E-state index is -0.647. The van der Waals surface area contributed by atoms with Crippen LogP contribution in [0.2, 0.25) is 5.02 Å². The highest BCUT2D eigenvalue weighted by atomic mass is 35.5. The lowest BCUT2D eigenvalue weighted by atomic mass is 9.77. The minimum absolute atomic E-state index is 0.0158. The van der Waals surface area contributed by atoms with Crippen molar-refractivity contribution in [3.63, 3.8) is 0 Å². The van der Waals surface area contributed by atoms with Gasteiger partial charge in [0.15, 0.2) is 17.3 Å². The van der Waals surface area contributed by atoms with Crippen LogP contribution in [0.3, 0.4) is 0 Å². The monoisotopic (exact) mass is 400 g/mol. The number of benzene rings is 1. The largest absolute Gasteiger partial charge is 0.490 e. The number of allylic oxidation sites excluding steroid dienone is 3. The summed E-state index contributed by atoms with van der Waals surface area (Å²) in [6.45, 7) is 6.14. The van der Waals surface area contributed by atoms with E-state index in [1.165, 1.54) is 0 Å². The molecule has 0 unspecified atom stereocenters. The van der Waals surface area contributed by atoms with E-state index in [1.807, 2.05) is 6.92 Å². The standard InChI is InChI=1S/C21H21ClN2O4/c1-3-8-27-20-14(22)9-12(10-17(20)26-4-2)18-13(11-23)21(24)28-16-7-5-6-15(25)19(16)18/h3,9-10,18H,1,4-8,24H2,2H3/t18-/m1/s1. The molecule has 1 aliphatic carbocycles. The first kappa shape index (κ1) is 19.8. The molecule has 2 N–H and O–H groups in total. The van der Waals surface area contributed by atoms with Crippen molar-refractivity contribution in [3.8, 4) is 17.6 Å². The normalized spacial score (nSPS) is 18.9. The van der Waals surface area contributed by atoms with Crippen LogP contribution in [0.25, 0.3) is 0 Å². The molecule has 0 fully saturated rings. The molecular weight excluding hydrogens is 380 g/mol. The predicted octanol–water partition coefficient (Wildman–Crippen LogP) is 4.12. The van der Waals surface area contributed by atoms with Crippen LogP contribution in [-0.2, 0) is 9.53 Å². The number of rotatable bonds is 6. The molecule has 7 heteroatoms. The van der Waals surface area contributed by atoms with Crippen LogP contribution < -0.4 is 15.2 Å². The Morgan fingerprint density at radius 1 is 1.43 bits per heavy atom. The second kappa shape index (κ2) is 8.41. The van der Waals surface area contributed by atoms with Gasteiger partial charge in [0.1, 0.15) is 24.0 Å². The minimum Gasteiger partial charge on any atom is -0.490 e. The summed E-state index contributed by atoms with van der Waals surface area (Å²) < 4.78 is 16.9. The smallest absolute Gasteiger partial charge is 0.205 e. The van der Waals surface area contributed by atoms with Crippen LogP contribution in [0.15, 0.2) is 47.6 Å². The quantitative estimate of drug-likeness (QED) is 0.722.